The van der Waals surface area contributed by atoms with Crippen LogP contribution < -0.4 is 0 Å². The van der Waals surface area contributed by atoms with Crippen molar-refractivity contribution >= 4 is 0 Å². The highest BCUT2D eigenvalue weighted by Gasteiger charge is 2.47. The third-order valence-electron chi connectivity index (χ3n) is 4.19. The van der Waals surface area contributed by atoms with E-state index in [1.165, 1.54) is 18.4 Å². The van der Waals surface area contributed by atoms with E-state index >= 15 is 0 Å². The van der Waals surface area contributed by atoms with Gasteiger partial charge in [0.15, 0.2) is 6.29 Å². The molecule has 0 radical (unpaired) electrons. The van der Waals surface area contributed by atoms with Crippen LogP contribution in [0.5, 0.6) is 0 Å². The molecule has 2 saturated heterocycles. The van der Waals surface area contributed by atoms with Crippen molar-refractivity contribution in [2.24, 2.45) is 11.3 Å². The summed E-state index contributed by atoms with van der Waals surface area (Å²) in [6, 6.07) is 10.7. The molecule has 0 spiro atoms. The molecule has 2 heteroatoms. The number of hydrogen-bond donors (Lipinski definition) is 0. The molecule has 2 unspecified atom stereocenters. The van der Waals surface area contributed by atoms with E-state index in [9.17, 15) is 0 Å². The van der Waals surface area contributed by atoms with E-state index in [1.54, 1.807) is 0 Å². The smallest absolute Gasteiger partial charge is 0.160 e. The summed E-state index contributed by atoms with van der Waals surface area (Å²) < 4.78 is 11.5. The quantitative estimate of drug-likeness (QED) is 0.780. The molecule has 0 N–H and O–H groups in total. The molecule has 2 fully saturated rings. The van der Waals surface area contributed by atoms with Gasteiger partial charge in [-0.2, -0.15) is 0 Å². The van der Waals surface area contributed by atoms with Crippen LogP contribution in [-0.2, 0) is 15.9 Å². The third-order valence-corrected chi connectivity index (χ3v) is 4.19. The molecular formula is C15H20O2. The van der Waals surface area contributed by atoms with E-state index in [4.69, 9.17) is 9.47 Å². The fraction of sp³-hybridized carbons (Fsp3) is 0.600. The third kappa shape index (κ3) is 2.12. The molecule has 3 atom stereocenters. The topological polar surface area (TPSA) is 18.5 Å². The SMILES string of the molecule is C[C@@]1(Cc2ccccc2)COC2OCCCC21. The van der Waals surface area contributed by atoms with Crippen LogP contribution in [-0.4, -0.2) is 19.5 Å². The predicted octanol–water partition coefficient (Wildman–Crippen LogP) is 3.02. The van der Waals surface area contributed by atoms with E-state index in [0.29, 0.717) is 5.92 Å². The first-order valence-electron chi connectivity index (χ1n) is 6.55. The van der Waals surface area contributed by atoms with Crippen molar-refractivity contribution in [2.75, 3.05) is 13.2 Å². The lowest BCUT2D eigenvalue weighted by Gasteiger charge is -2.34. The van der Waals surface area contributed by atoms with Gasteiger partial charge < -0.3 is 9.47 Å². The van der Waals surface area contributed by atoms with Gasteiger partial charge in [0.25, 0.3) is 0 Å². The van der Waals surface area contributed by atoms with Gasteiger partial charge in [0.2, 0.25) is 0 Å². The highest BCUT2D eigenvalue weighted by molar-refractivity contribution is 5.17. The predicted molar refractivity (Wildman–Crippen MR) is 66.7 cm³/mol. The maximum absolute atomic E-state index is 5.82. The highest BCUT2D eigenvalue weighted by atomic mass is 16.7. The van der Waals surface area contributed by atoms with Crippen LogP contribution in [0.25, 0.3) is 0 Å². The second-order valence-electron chi connectivity index (χ2n) is 5.62. The summed E-state index contributed by atoms with van der Waals surface area (Å²) in [6.07, 6.45) is 3.57. The van der Waals surface area contributed by atoms with Crippen molar-refractivity contribution in [2.45, 2.75) is 32.5 Å². The molecule has 92 valence electrons. The minimum atomic E-state index is 0.0532. The van der Waals surface area contributed by atoms with Crippen molar-refractivity contribution in [3.63, 3.8) is 0 Å². The normalized spacial score (nSPS) is 36.8. The molecule has 2 nitrogen and oxygen atoms in total. The van der Waals surface area contributed by atoms with Crippen LogP contribution in [0.4, 0.5) is 0 Å². The van der Waals surface area contributed by atoms with Crippen molar-refractivity contribution in [3.05, 3.63) is 35.9 Å². The maximum atomic E-state index is 5.82. The molecule has 2 aliphatic heterocycles. The Balaban J connectivity index is 1.77. The summed E-state index contributed by atoms with van der Waals surface area (Å²) in [7, 11) is 0. The van der Waals surface area contributed by atoms with E-state index in [2.05, 4.69) is 37.3 Å². The molecular weight excluding hydrogens is 212 g/mol. The molecule has 17 heavy (non-hydrogen) atoms. The lowest BCUT2D eigenvalue weighted by Crippen LogP contribution is -2.35. The second-order valence-corrected chi connectivity index (χ2v) is 5.62. The lowest BCUT2D eigenvalue weighted by atomic mass is 9.72. The van der Waals surface area contributed by atoms with Gasteiger partial charge in [-0.3, -0.25) is 0 Å². The first-order valence-corrected chi connectivity index (χ1v) is 6.55. The van der Waals surface area contributed by atoms with Crippen LogP contribution in [0.1, 0.15) is 25.3 Å². The Bertz CT molecular complexity index is 376. The van der Waals surface area contributed by atoms with Gasteiger partial charge in [-0.05, 0) is 24.8 Å². The largest absolute Gasteiger partial charge is 0.352 e. The van der Waals surface area contributed by atoms with Crippen LogP contribution >= 0.6 is 0 Å². The molecule has 0 aromatic heterocycles. The number of rotatable bonds is 2. The van der Waals surface area contributed by atoms with E-state index < -0.39 is 0 Å². The Morgan fingerprint density at radius 3 is 2.88 bits per heavy atom. The van der Waals surface area contributed by atoms with Gasteiger partial charge in [0.1, 0.15) is 0 Å². The van der Waals surface area contributed by atoms with Crippen molar-refractivity contribution in [1.29, 1.82) is 0 Å². The average Bonchev–Trinajstić information content (AvgIpc) is 2.69. The summed E-state index contributed by atoms with van der Waals surface area (Å²) in [5, 5.41) is 0. The summed E-state index contributed by atoms with van der Waals surface area (Å²) in [4.78, 5) is 0. The Kier molecular flexibility index (Phi) is 2.93. The first kappa shape index (κ1) is 11.2. The summed E-state index contributed by atoms with van der Waals surface area (Å²) in [5.41, 5.74) is 1.65. The first-order chi connectivity index (χ1) is 8.28. The van der Waals surface area contributed by atoms with Crippen LogP contribution in [0, 0.1) is 11.3 Å². The van der Waals surface area contributed by atoms with Crippen LogP contribution in [0.15, 0.2) is 30.3 Å². The number of fused-ring (bicyclic) bond motifs is 1. The average molecular weight is 232 g/mol. The minimum Gasteiger partial charge on any atom is -0.352 e. The maximum Gasteiger partial charge on any atom is 0.160 e. The molecule has 1 aromatic rings. The monoisotopic (exact) mass is 232 g/mol. The Morgan fingerprint density at radius 2 is 2.06 bits per heavy atom. The zero-order chi connectivity index (χ0) is 11.7. The molecule has 0 saturated carbocycles. The standard InChI is InChI=1S/C15H20O2/c1-15(10-12-6-3-2-4-7-12)11-17-14-13(15)8-5-9-16-14/h2-4,6-7,13-14H,5,8-11H2,1H3/t13?,14?,15-/m1/s1. The molecule has 1 aromatic carbocycles. The van der Waals surface area contributed by atoms with Gasteiger partial charge in [-0.1, -0.05) is 37.3 Å². The summed E-state index contributed by atoms with van der Waals surface area (Å²) >= 11 is 0. The fourth-order valence-electron chi connectivity index (χ4n) is 3.22. The van der Waals surface area contributed by atoms with Gasteiger partial charge in [0.05, 0.1) is 6.61 Å². The lowest BCUT2D eigenvalue weighted by molar-refractivity contribution is -0.152. The summed E-state index contributed by atoms with van der Waals surface area (Å²) in [5.74, 6) is 0.566. The molecule has 2 heterocycles. The van der Waals surface area contributed by atoms with Crippen molar-refractivity contribution in [1.82, 2.24) is 0 Å². The van der Waals surface area contributed by atoms with Crippen LogP contribution in [0.3, 0.4) is 0 Å². The van der Waals surface area contributed by atoms with Crippen molar-refractivity contribution < 1.29 is 9.47 Å². The van der Waals surface area contributed by atoms with Gasteiger partial charge in [-0.15, -0.1) is 0 Å². The minimum absolute atomic E-state index is 0.0532. The summed E-state index contributed by atoms with van der Waals surface area (Å²) in [6.45, 7) is 4.04. The zero-order valence-corrected chi connectivity index (χ0v) is 10.4. The molecule has 2 aliphatic rings. The number of ether oxygens (including phenoxy) is 2. The number of hydrogen-bond acceptors (Lipinski definition) is 2. The highest BCUT2D eigenvalue weighted by Crippen LogP contribution is 2.45. The van der Waals surface area contributed by atoms with E-state index in [-0.39, 0.29) is 11.7 Å². The molecule has 0 amide bonds. The molecule has 0 bridgehead atoms. The zero-order valence-electron chi connectivity index (χ0n) is 10.4. The second kappa shape index (κ2) is 4.43. The van der Waals surface area contributed by atoms with Crippen LogP contribution in [0.2, 0.25) is 0 Å². The Morgan fingerprint density at radius 1 is 1.24 bits per heavy atom. The van der Waals surface area contributed by atoms with E-state index in [1.807, 2.05) is 0 Å². The van der Waals surface area contributed by atoms with Gasteiger partial charge >= 0.3 is 0 Å². The van der Waals surface area contributed by atoms with Gasteiger partial charge in [0, 0.05) is 17.9 Å². The molecule has 3 rings (SSSR count). The van der Waals surface area contributed by atoms with Gasteiger partial charge in [-0.25, -0.2) is 0 Å². The number of benzene rings is 1. The Labute approximate surface area is 103 Å². The fourth-order valence-corrected chi connectivity index (χ4v) is 3.22. The van der Waals surface area contributed by atoms with Crippen molar-refractivity contribution in [3.8, 4) is 0 Å². The Hall–Kier alpha value is -0.860. The molecule has 0 aliphatic carbocycles. The van der Waals surface area contributed by atoms with E-state index in [0.717, 1.165) is 19.6 Å².